The van der Waals surface area contributed by atoms with Gasteiger partial charge in [0, 0.05) is 37.8 Å². The molecule has 1 amide bonds. The summed E-state index contributed by atoms with van der Waals surface area (Å²) in [7, 11) is 2.05. The van der Waals surface area contributed by atoms with Crippen molar-refractivity contribution in [3.8, 4) is 6.07 Å². The first-order valence-corrected chi connectivity index (χ1v) is 10.2. The first-order valence-electron chi connectivity index (χ1n) is 10.2. The van der Waals surface area contributed by atoms with Crippen molar-refractivity contribution in [3.63, 3.8) is 0 Å². The Morgan fingerprint density at radius 1 is 1.37 bits per heavy atom. The number of morpholine rings is 2. The maximum absolute atomic E-state index is 12.8. The molecule has 30 heavy (non-hydrogen) atoms. The second-order valence-electron chi connectivity index (χ2n) is 7.84. The lowest BCUT2D eigenvalue weighted by atomic mass is 10.1. The summed E-state index contributed by atoms with van der Waals surface area (Å²) in [4.78, 5) is 25.7. The third kappa shape index (κ3) is 4.36. The Labute approximate surface area is 175 Å². The molecule has 0 aliphatic carbocycles. The van der Waals surface area contributed by atoms with Gasteiger partial charge in [0.25, 0.3) is 5.91 Å². The minimum atomic E-state index is -0.600. The lowest BCUT2D eigenvalue weighted by Crippen LogP contribution is -2.54. The normalized spacial score (nSPS) is 25.1. The van der Waals surface area contributed by atoms with Crippen molar-refractivity contribution in [2.24, 2.45) is 0 Å². The van der Waals surface area contributed by atoms with Gasteiger partial charge in [0.05, 0.1) is 37.2 Å². The van der Waals surface area contributed by atoms with Gasteiger partial charge in [-0.25, -0.2) is 4.98 Å². The van der Waals surface area contributed by atoms with Gasteiger partial charge in [-0.05, 0) is 26.1 Å². The highest BCUT2D eigenvalue weighted by molar-refractivity contribution is 5.94. The molecule has 4 rings (SSSR count). The van der Waals surface area contributed by atoms with Crippen molar-refractivity contribution in [2.75, 3.05) is 51.3 Å². The fourth-order valence-corrected chi connectivity index (χ4v) is 4.00. The molecule has 4 heterocycles. The molecule has 3 atom stereocenters. The molecular formula is C21H26N6O3. The SMILES string of the molecule is C[C@@H]1CN(c2cnc(C#N)c3ncccc23)CC(C(=O)NCC2CN(C)CCO2)O1. The molecule has 2 aliphatic rings. The zero-order valence-corrected chi connectivity index (χ0v) is 17.2. The fraction of sp³-hybridized carbons (Fsp3) is 0.524. The van der Waals surface area contributed by atoms with Crippen LogP contribution in [0.1, 0.15) is 12.6 Å². The van der Waals surface area contributed by atoms with Crippen LogP contribution in [0.5, 0.6) is 0 Å². The van der Waals surface area contributed by atoms with Gasteiger partial charge < -0.3 is 24.6 Å². The molecule has 9 heteroatoms. The third-order valence-electron chi connectivity index (χ3n) is 5.47. The molecular weight excluding hydrogens is 384 g/mol. The summed E-state index contributed by atoms with van der Waals surface area (Å²) in [5, 5.41) is 13.1. The minimum Gasteiger partial charge on any atom is -0.374 e. The van der Waals surface area contributed by atoms with Gasteiger partial charge >= 0.3 is 0 Å². The maximum atomic E-state index is 12.8. The van der Waals surface area contributed by atoms with E-state index in [2.05, 4.69) is 31.2 Å². The van der Waals surface area contributed by atoms with E-state index in [-0.39, 0.29) is 18.1 Å². The van der Waals surface area contributed by atoms with Crippen LogP contribution in [0, 0.1) is 11.3 Å². The molecule has 0 spiro atoms. The largest absolute Gasteiger partial charge is 0.374 e. The monoisotopic (exact) mass is 410 g/mol. The number of nitrogens with zero attached hydrogens (tertiary/aromatic N) is 5. The van der Waals surface area contributed by atoms with Crippen molar-refractivity contribution in [3.05, 3.63) is 30.2 Å². The van der Waals surface area contributed by atoms with Gasteiger partial charge in [-0.1, -0.05) is 0 Å². The van der Waals surface area contributed by atoms with E-state index in [4.69, 9.17) is 9.47 Å². The van der Waals surface area contributed by atoms with E-state index in [9.17, 15) is 10.1 Å². The molecule has 2 aromatic rings. The Morgan fingerprint density at radius 3 is 3.03 bits per heavy atom. The third-order valence-corrected chi connectivity index (χ3v) is 5.47. The summed E-state index contributed by atoms with van der Waals surface area (Å²) >= 11 is 0. The summed E-state index contributed by atoms with van der Waals surface area (Å²) in [5.74, 6) is -0.146. The Bertz CT molecular complexity index is 961. The van der Waals surface area contributed by atoms with Crippen molar-refractivity contribution in [1.29, 1.82) is 5.26 Å². The quantitative estimate of drug-likeness (QED) is 0.779. The molecule has 2 fully saturated rings. The highest BCUT2D eigenvalue weighted by atomic mass is 16.5. The molecule has 2 unspecified atom stereocenters. The number of nitrogens with one attached hydrogen (secondary N) is 1. The van der Waals surface area contributed by atoms with Crippen LogP contribution in [-0.4, -0.2) is 85.5 Å². The van der Waals surface area contributed by atoms with Crippen molar-refractivity contribution >= 4 is 22.5 Å². The first kappa shape index (κ1) is 20.5. The Balaban J connectivity index is 1.48. The van der Waals surface area contributed by atoms with Crippen LogP contribution >= 0.6 is 0 Å². The summed E-state index contributed by atoms with van der Waals surface area (Å²) in [6.45, 7) is 5.81. The van der Waals surface area contributed by atoms with Crippen LogP contribution in [0.4, 0.5) is 5.69 Å². The molecule has 0 saturated carbocycles. The number of likely N-dealkylation sites (N-methyl/N-ethyl adjacent to an activating group) is 1. The maximum Gasteiger partial charge on any atom is 0.251 e. The van der Waals surface area contributed by atoms with E-state index in [1.807, 2.05) is 26.1 Å². The predicted molar refractivity (Wildman–Crippen MR) is 111 cm³/mol. The second kappa shape index (κ2) is 8.92. The van der Waals surface area contributed by atoms with Gasteiger partial charge in [-0.2, -0.15) is 5.26 Å². The molecule has 2 aromatic heterocycles. The van der Waals surface area contributed by atoms with Crippen LogP contribution < -0.4 is 10.2 Å². The first-order chi connectivity index (χ1) is 14.5. The number of carbonyl (C=O) groups is 1. The standard InChI is InChI=1S/C21H26N6O3/c1-14-11-27(18-10-24-17(8-22)20-16(18)4-3-5-23-20)13-19(30-14)21(28)25-9-15-12-26(2)6-7-29-15/h3-5,10,14-15,19H,6-7,9,11-13H2,1-2H3,(H,25,28)/t14-,15?,19?/m1/s1. The Hall–Kier alpha value is -2.80. The number of hydrogen-bond acceptors (Lipinski definition) is 8. The predicted octanol–water partition coefficient (Wildman–Crippen LogP) is 0.542. The summed E-state index contributed by atoms with van der Waals surface area (Å²) in [5.41, 5.74) is 1.71. The number of nitriles is 1. The number of hydrogen-bond donors (Lipinski definition) is 1. The van der Waals surface area contributed by atoms with Gasteiger partial charge in [-0.3, -0.25) is 9.78 Å². The number of aromatic nitrogens is 2. The van der Waals surface area contributed by atoms with Crippen molar-refractivity contribution in [1.82, 2.24) is 20.2 Å². The van der Waals surface area contributed by atoms with Crippen molar-refractivity contribution in [2.45, 2.75) is 25.2 Å². The van der Waals surface area contributed by atoms with E-state index in [1.54, 1.807) is 12.4 Å². The van der Waals surface area contributed by atoms with E-state index in [1.165, 1.54) is 0 Å². The summed E-state index contributed by atoms with van der Waals surface area (Å²) in [6, 6.07) is 5.85. The van der Waals surface area contributed by atoms with Crippen LogP contribution in [0.25, 0.3) is 10.9 Å². The molecule has 0 bridgehead atoms. The molecule has 0 aromatic carbocycles. The average Bonchev–Trinajstić information content (AvgIpc) is 2.76. The van der Waals surface area contributed by atoms with Gasteiger partial charge in [-0.15, -0.1) is 0 Å². The lowest BCUT2D eigenvalue weighted by Gasteiger charge is -2.38. The smallest absolute Gasteiger partial charge is 0.251 e. The summed E-state index contributed by atoms with van der Waals surface area (Å²) in [6.07, 6.45) is 2.59. The van der Waals surface area contributed by atoms with E-state index in [0.29, 0.717) is 37.5 Å². The number of fused-ring (bicyclic) bond motifs is 1. The lowest BCUT2D eigenvalue weighted by molar-refractivity contribution is -0.138. The van der Waals surface area contributed by atoms with Gasteiger partial charge in [0.1, 0.15) is 11.6 Å². The number of rotatable bonds is 4. The zero-order valence-electron chi connectivity index (χ0n) is 17.2. The van der Waals surface area contributed by atoms with Crippen LogP contribution in [0.15, 0.2) is 24.5 Å². The fourth-order valence-electron chi connectivity index (χ4n) is 4.00. The van der Waals surface area contributed by atoms with Gasteiger partial charge in [0.15, 0.2) is 11.8 Å². The minimum absolute atomic E-state index is 0.0115. The number of carbonyl (C=O) groups excluding carboxylic acids is 1. The van der Waals surface area contributed by atoms with Crippen LogP contribution in [0.3, 0.4) is 0 Å². The van der Waals surface area contributed by atoms with Crippen LogP contribution in [-0.2, 0) is 14.3 Å². The highest BCUT2D eigenvalue weighted by Gasteiger charge is 2.32. The molecule has 2 aliphatic heterocycles. The number of anilines is 1. The Kier molecular flexibility index (Phi) is 6.08. The van der Waals surface area contributed by atoms with Crippen molar-refractivity contribution < 1.29 is 14.3 Å². The van der Waals surface area contributed by atoms with E-state index in [0.717, 1.165) is 24.2 Å². The van der Waals surface area contributed by atoms with E-state index < -0.39 is 6.10 Å². The average molecular weight is 410 g/mol. The second-order valence-corrected chi connectivity index (χ2v) is 7.84. The Morgan fingerprint density at radius 2 is 2.23 bits per heavy atom. The summed E-state index contributed by atoms with van der Waals surface area (Å²) < 4.78 is 11.6. The molecule has 158 valence electrons. The molecule has 9 nitrogen and oxygen atoms in total. The number of pyridine rings is 2. The van der Waals surface area contributed by atoms with E-state index >= 15 is 0 Å². The zero-order chi connectivity index (χ0) is 21.1. The molecule has 2 saturated heterocycles. The topological polar surface area (TPSA) is 104 Å². The number of amides is 1. The van der Waals surface area contributed by atoms with Gasteiger partial charge in [0.2, 0.25) is 0 Å². The van der Waals surface area contributed by atoms with Crippen LogP contribution in [0.2, 0.25) is 0 Å². The highest BCUT2D eigenvalue weighted by Crippen LogP contribution is 2.28. The molecule has 1 N–H and O–H groups in total. The number of ether oxygens (including phenoxy) is 2. The molecule has 0 radical (unpaired) electrons.